The number of benzene rings is 1. The number of esters is 1. The van der Waals surface area contributed by atoms with E-state index in [-0.39, 0.29) is 25.8 Å². The Morgan fingerprint density at radius 3 is 2.60 bits per heavy atom. The number of alkyl halides is 2. The molecule has 0 amide bonds. The molecule has 0 fully saturated rings. The van der Waals surface area contributed by atoms with Crippen molar-refractivity contribution in [3.8, 4) is 0 Å². The highest BCUT2D eigenvalue weighted by Gasteiger charge is 2.17. The topological polar surface area (TPSA) is 58.6 Å². The second kappa shape index (κ2) is 12.2. The van der Waals surface area contributed by atoms with E-state index in [9.17, 15) is 9.59 Å². The van der Waals surface area contributed by atoms with Crippen molar-refractivity contribution in [2.45, 2.75) is 25.8 Å². The standard InChI is InChI=1S/C17H25BCl2N2O3/c1-13-3-4-16(22(7-5-19)8-6-20)10-14(13)9-15(21-18-12-23)11-17(24)25-2/h3-4,10,12,15,18,21H,5-9,11H2,1-2H3/t15-/m0/s1. The second-order valence-electron chi connectivity index (χ2n) is 5.73. The number of hydrogen-bond acceptors (Lipinski definition) is 5. The number of anilines is 1. The first-order chi connectivity index (χ1) is 12.0. The molecule has 0 heterocycles. The van der Waals surface area contributed by atoms with Crippen molar-refractivity contribution in [3.05, 3.63) is 29.3 Å². The van der Waals surface area contributed by atoms with E-state index in [1.807, 2.05) is 13.0 Å². The lowest BCUT2D eigenvalue weighted by atomic mass is 9.91. The summed E-state index contributed by atoms with van der Waals surface area (Å²) in [4.78, 5) is 24.4. The third-order valence-electron chi connectivity index (χ3n) is 4.00. The summed E-state index contributed by atoms with van der Waals surface area (Å²) in [6.07, 6.45) is 1.62. The van der Waals surface area contributed by atoms with Crippen LogP contribution in [0.2, 0.25) is 0 Å². The van der Waals surface area contributed by atoms with Gasteiger partial charge in [-0.15, -0.1) is 23.2 Å². The van der Waals surface area contributed by atoms with Crippen LogP contribution in [0.15, 0.2) is 18.2 Å². The number of carbonyl (C=O) groups excluding carboxylic acids is 2. The van der Waals surface area contributed by atoms with Crippen LogP contribution in [0.25, 0.3) is 0 Å². The van der Waals surface area contributed by atoms with Crippen molar-refractivity contribution in [2.24, 2.45) is 0 Å². The summed E-state index contributed by atoms with van der Waals surface area (Å²) in [5.74, 6) is 0.737. The monoisotopic (exact) mass is 386 g/mol. The molecular weight excluding hydrogens is 362 g/mol. The normalized spacial score (nSPS) is 11.7. The molecule has 1 rings (SSSR count). The van der Waals surface area contributed by atoms with Gasteiger partial charge in [0.25, 0.3) is 7.41 Å². The lowest BCUT2D eigenvalue weighted by molar-refractivity contribution is -0.141. The van der Waals surface area contributed by atoms with Crippen molar-refractivity contribution in [2.75, 3.05) is 36.9 Å². The highest BCUT2D eigenvalue weighted by Crippen LogP contribution is 2.21. The van der Waals surface area contributed by atoms with Crippen LogP contribution in [0, 0.1) is 6.92 Å². The molecule has 0 aromatic heterocycles. The lowest BCUT2D eigenvalue weighted by Gasteiger charge is -2.25. The molecule has 138 valence electrons. The van der Waals surface area contributed by atoms with Crippen molar-refractivity contribution in [1.82, 2.24) is 5.23 Å². The van der Waals surface area contributed by atoms with Crippen molar-refractivity contribution >= 4 is 48.5 Å². The third kappa shape index (κ3) is 7.67. The molecule has 1 aromatic carbocycles. The number of aryl methyl sites for hydroxylation is 1. The van der Waals surface area contributed by atoms with Gasteiger partial charge in [-0.05, 0) is 36.6 Å². The summed E-state index contributed by atoms with van der Waals surface area (Å²) in [5, 5.41) is 3.08. The second-order valence-corrected chi connectivity index (χ2v) is 6.49. The van der Waals surface area contributed by atoms with E-state index in [2.05, 4.69) is 22.3 Å². The van der Waals surface area contributed by atoms with Crippen LogP contribution in [0.5, 0.6) is 0 Å². The predicted molar refractivity (Wildman–Crippen MR) is 106 cm³/mol. The highest BCUT2D eigenvalue weighted by atomic mass is 35.5. The Labute approximate surface area is 160 Å². The number of hydrogen-bond donors (Lipinski definition) is 1. The first-order valence-electron chi connectivity index (χ1n) is 8.25. The quantitative estimate of drug-likeness (QED) is 0.257. The highest BCUT2D eigenvalue weighted by molar-refractivity contribution is 6.64. The molecule has 8 heteroatoms. The Balaban J connectivity index is 2.97. The Morgan fingerprint density at radius 2 is 2.04 bits per heavy atom. The fourth-order valence-electron chi connectivity index (χ4n) is 2.63. The van der Waals surface area contributed by atoms with Crippen LogP contribution in [-0.4, -0.2) is 57.6 Å². The van der Waals surface area contributed by atoms with Gasteiger partial charge in [0.1, 0.15) is 0 Å². The number of nitrogens with zero attached hydrogens (tertiary/aromatic N) is 1. The van der Waals surface area contributed by atoms with E-state index in [0.717, 1.165) is 23.0 Å². The fourth-order valence-corrected chi connectivity index (χ4v) is 3.04. The van der Waals surface area contributed by atoms with Gasteiger partial charge in [-0.25, -0.2) is 0 Å². The number of carbonyl (C=O) groups is 2. The summed E-state index contributed by atoms with van der Waals surface area (Å²) < 4.78 is 4.75. The Bertz CT molecular complexity index is 555. The van der Waals surface area contributed by atoms with Crippen molar-refractivity contribution in [1.29, 1.82) is 0 Å². The van der Waals surface area contributed by atoms with Crippen LogP contribution < -0.4 is 10.1 Å². The molecule has 0 aliphatic rings. The Kier molecular flexibility index (Phi) is 10.6. The average Bonchev–Trinajstić information content (AvgIpc) is 2.61. The van der Waals surface area contributed by atoms with Crippen LogP contribution in [0.3, 0.4) is 0 Å². The molecule has 0 spiro atoms. The van der Waals surface area contributed by atoms with E-state index >= 15 is 0 Å². The minimum absolute atomic E-state index is 0.166. The zero-order chi connectivity index (χ0) is 18.7. The summed E-state index contributed by atoms with van der Waals surface area (Å²) in [5.41, 5.74) is 3.29. The molecule has 0 unspecified atom stereocenters. The van der Waals surface area contributed by atoms with Gasteiger partial charge >= 0.3 is 5.97 Å². The molecule has 1 N–H and O–H groups in total. The number of methoxy groups -OCH3 is 1. The van der Waals surface area contributed by atoms with Crippen LogP contribution in [0.1, 0.15) is 17.5 Å². The van der Waals surface area contributed by atoms with Crippen molar-refractivity contribution in [3.63, 3.8) is 0 Å². The number of rotatable bonds is 12. The summed E-state index contributed by atoms with van der Waals surface area (Å²) in [6.45, 7) is 3.46. The molecule has 0 bridgehead atoms. The first-order valence-corrected chi connectivity index (χ1v) is 9.32. The maximum atomic E-state index is 11.6. The minimum Gasteiger partial charge on any atom is -0.469 e. The first kappa shape index (κ1) is 21.8. The van der Waals surface area contributed by atoms with Gasteiger partial charge in [0, 0.05) is 36.6 Å². The maximum absolute atomic E-state index is 11.6. The van der Waals surface area contributed by atoms with Gasteiger partial charge in [-0.3, -0.25) is 4.79 Å². The molecule has 25 heavy (non-hydrogen) atoms. The smallest absolute Gasteiger partial charge is 0.307 e. The van der Waals surface area contributed by atoms with Crippen molar-refractivity contribution < 1.29 is 14.3 Å². The SMILES string of the molecule is COC(=O)C[C@H](Cc1cc(N(CCCl)CCCl)ccc1C)NBC=O. The third-order valence-corrected chi connectivity index (χ3v) is 4.34. The van der Waals surface area contributed by atoms with E-state index in [1.54, 1.807) is 0 Å². The summed E-state index contributed by atoms with van der Waals surface area (Å²) in [7, 11) is 1.56. The van der Waals surface area contributed by atoms with Gasteiger partial charge in [-0.2, -0.15) is 0 Å². The summed E-state index contributed by atoms with van der Waals surface area (Å²) >= 11 is 11.8. The van der Waals surface area contributed by atoms with Gasteiger partial charge in [-0.1, -0.05) is 6.07 Å². The molecule has 0 saturated heterocycles. The molecule has 0 aliphatic heterocycles. The average molecular weight is 387 g/mol. The van der Waals surface area contributed by atoms with E-state index in [1.165, 1.54) is 7.11 Å². The van der Waals surface area contributed by atoms with E-state index in [4.69, 9.17) is 27.9 Å². The predicted octanol–water partition coefficient (Wildman–Crippen LogP) is 1.88. The van der Waals surface area contributed by atoms with E-state index in [0.29, 0.717) is 31.3 Å². The molecule has 0 radical (unpaired) electrons. The Hall–Kier alpha value is -1.24. The lowest BCUT2D eigenvalue weighted by Crippen LogP contribution is -2.37. The largest absolute Gasteiger partial charge is 0.469 e. The van der Waals surface area contributed by atoms with Gasteiger partial charge in [0.2, 0.25) is 0 Å². The molecule has 1 atom stereocenters. The number of halogens is 2. The molecular formula is C17H25BCl2N2O3. The number of nitrogens with one attached hydrogen (secondary N) is 1. The van der Waals surface area contributed by atoms with Gasteiger partial charge in [0.15, 0.2) is 0 Å². The Morgan fingerprint density at radius 1 is 1.36 bits per heavy atom. The zero-order valence-corrected chi connectivity index (χ0v) is 16.3. The molecule has 1 aromatic rings. The molecule has 0 aliphatic carbocycles. The van der Waals surface area contributed by atoms with Gasteiger partial charge in [0.05, 0.1) is 19.7 Å². The summed E-state index contributed by atoms with van der Waals surface area (Å²) in [6, 6.07) is 6.03. The molecule has 0 saturated carbocycles. The molecule has 5 nitrogen and oxygen atoms in total. The zero-order valence-electron chi connectivity index (χ0n) is 14.8. The fraction of sp³-hybridized carbons (Fsp3) is 0.529. The maximum Gasteiger partial charge on any atom is 0.307 e. The van der Waals surface area contributed by atoms with Crippen LogP contribution in [0.4, 0.5) is 5.69 Å². The number of ether oxygens (including phenoxy) is 1. The van der Waals surface area contributed by atoms with Crippen LogP contribution in [-0.2, 0) is 20.7 Å². The van der Waals surface area contributed by atoms with Crippen LogP contribution >= 0.6 is 23.2 Å². The van der Waals surface area contributed by atoms with Gasteiger partial charge < -0.3 is 19.7 Å². The minimum atomic E-state index is -0.303. The van der Waals surface area contributed by atoms with E-state index < -0.39 is 0 Å².